The van der Waals surface area contributed by atoms with Crippen LogP contribution in [-0.2, 0) is 26.8 Å². The lowest BCUT2D eigenvalue weighted by atomic mass is 10.0. The van der Waals surface area contributed by atoms with Gasteiger partial charge in [0.1, 0.15) is 4.90 Å². The van der Waals surface area contributed by atoms with Crippen molar-refractivity contribution in [2.45, 2.75) is 49.7 Å². The van der Waals surface area contributed by atoms with Crippen LogP contribution in [0.3, 0.4) is 0 Å². The Morgan fingerprint density at radius 3 is 2.60 bits per heavy atom. The molecule has 42 heavy (non-hydrogen) atoms. The molecular weight excluding hydrogens is 556 g/mol. The van der Waals surface area contributed by atoms with Gasteiger partial charge in [-0.25, -0.2) is 8.42 Å². The van der Waals surface area contributed by atoms with Gasteiger partial charge in [0.05, 0.1) is 16.8 Å². The number of nitrogens with one attached hydrogen (secondary N) is 3. The molecule has 2 fully saturated rings. The summed E-state index contributed by atoms with van der Waals surface area (Å²) in [5.74, 6) is 0.0160. The summed E-state index contributed by atoms with van der Waals surface area (Å²) in [7, 11) is -1.71. The number of nitrogens with zero attached hydrogens (tertiary/aromatic N) is 5. The van der Waals surface area contributed by atoms with Crippen LogP contribution in [0, 0.1) is 0 Å². The lowest BCUT2D eigenvalue weighted by Gasteiger charge is -2.34. The molecule has 13 heteroatoms. The van der Waals surface area contributed by atoms with Gasteiger partial charge < -0.3 is 25.2 Å². The molecule has 224 valence electrons. The summed E-state index contributed by atoms with van der Waals surface area (Å²) >= 11 is 0. The quantitative estimate of drug-likeness (QED) is 0.377. The van der Waals surface area contributed by atoms with E-state index in [1.165, 1.54) is 22.8 Å². The summed E-state index contributed by atoms with van der Waals surface area (Å²) < 4.78 is 34.0. The third-order valence-electron chi connectivity index (χ3n) is 8.56. The molecule has 0 unspecified atom stereocenters. The number of aromatic amines is 1. The van der Waals surface area contributed by atoms with Gasteiger partial charge >= 0.3 is 0 Å². The van der Waals surface area contributed by atoms with E-state index in [9.17, 15) is 13.2 Å². The summed E-state index contributed by atoms with van der Waals surface area (Å²) in [5, 5.41) is 14.0. The maximum Gasteiger partial charge on any atom is 0.258 e. The number of hydrogen-bond acceptors (Lipinski definition) is 9. The van der Waals surface area contributed by atoms with Crippen LogP contribution in [0.15, 0.2) is 47.6 Å². The van der Waals surface area contributed by atoms with Crippen LogP contribution in [0.25, 0.3) is 0 Å². The fourth-order valence-electron chi connectivity index (χ4n) is 5.95. The number of anilines is 3. The van der Waals surface area contributed by atoms with Crippen LogP contribution < -0.4 is 15.5 Å². The highest BCUT2D eigenvalue weighted by atomic mass is 32.2. The van der Waals surface area contributed by atoms with E-state index in [1.807, 2.05) is 26.0 Å². The van der Waals surface area contributed by atoms with E-state index < -0.39 is 15.6 Å². The SMILES string of the molecule is CN1CCN(c2ccc(C(=O)Nc3n[nH]c4c3CN(S(=O)(=O)c3cccnc3)C4(C)C)c(NC3CCOCC3)c2)CC1. The Hall–Kier alpha value is -3.52. The number of sulfonamides is 1. The fraction of sp³-hybridized carbons (Fsp3) is 0.483. The molecular formula is C29H38N8O4S. The van der Waals surface area contributed by atoms with Crippen LogP contribution in [0.4, 0.5) is 17.2 Å². The molecule has 2 saturated heterocycles. The first-order valence-electron chi connectivity index (χ1n) is 14.4. The number of rotatable bonds is 7. The zero-order valence-corrected chi connectivity index (χ0v) is 25.1. The number of carbonyl (C=O) groups excluding carboxylic acids is 1. The molecule has 0 spiro atoms. The van der Waals surface area contributed by atoms with Gasteiger partial charge in [-0.1, -0.05) is 0 Å². The minimum absolute atomic E-state index is 0.0706. The van der Waals surface area contributed by atoms with Gasteiger partial charge in [-0.3, -0.25) is 14.9 Å². The molecule has 6 rings (SSSR count). The van der Waals surface area contributed by atoms with Crippen LogP contribution in [-0.4, -0.2) is 91.2 Å². The van der Waals surface area contributed by atoms with Gasteiger partial charge in [-0.05, 0) is 64.1 Å². The minimum atomic E-state index is -3.84. The normalized spacial score (nSPS) is 19.9. The van der Waals surface area contributed by atoms with Crippen LogP contribution in [0.5, 0.6) is 0 Å². The molecule has 12 nitrogen and oxygen atoms in total. The molecule has 0 bridgehead atoms. The number of likely N-dealkylation sites (N-methyl/N-ethyl adjacent to an activating group) is 1. The van der Waals surface area contributed by atoms with Crippen molar-refractivity contribution in [1.29, 1.82) is 0 Å². The zero-order chi connectivity index (χ0) is 29.5. The molecule has 3 aromatic rings. The predicted octanol–water partition coefficient (Wildman–Crippen LogP) is 2.84. The Balaban J connectivity index is 1.26. The summed E-state index contributed by atoms with van der Waals surface area (Å²) in [6, 6.07) is 9.26. The highest BCUT2D eigenvalue weighted by molar-refractivity contribution is 7.89. The lowest BCUT2D eigenvalue weighted by Crippen LogP contribution is -2.44. The monoisotopic (exact) mass is 594 g/mol. The van der Waals surface area contributed by atoms with Crippen molar-refractivity contribution in [2.24, 2.45) is 0 Å². The van der Waals surface area contributed by atoms with Crippen molar-refractivity contribution < 1.29 is 17.9 Å². The number of piperazine rings is 1. The Labute approximate surface area is 246 Å². The van der Waals surface area contributed by atoms with Gasteiger partial charge in [0.15, 0.2) is 5.82 Å². The molecule has 0 radical (unpaired) electrons. The highest BCUT2D eigenvalue weighted by Crippen LogP contribution is 2.43. The molecule has 2 aromatic heterocycles. The first-order valence-corrected chi connectivity index (χ1v) is 15.8. The molecule has 1 amide bonds. The van der Waals surface area contributed by atoms with Gasteiger partial charge in [-0.15, -0.1) is 0 Å². The molecule has 0 aliphatic carbocycles. The molecule has 3 N–H and O–H groups in total. The average Bonchev–Trinajstić information content (AvgIpc) is 3.52. The standard InChI is InChI=1S/C29H38N8O4S/c1-29(2)26-24(19-37(29)42(39,40)22-5-4-10-30-18-22)27(34-33-26)32-28(38)23-7-6-21(36-13-11-35(3)12-14-36)17-25(23)31-20-8-15-41-16-9-20/h4-7,10,17-18,20,31H,8-9,11-16,19H2,1-3H3,(H2,32,33,34,38). The van der Waals surface area contributed by atoms with E-state index in [2.05, 4.69) is 48.7 Å². The van der Waals surface area contributed by atoms with Gasteiger partial charge in [0, 0.05) is 81.3 Å². The number of pyridine rings is 1. The van der Waals surface area contributed by atoms with Crippen molar-refractivity contribution >= 4 is 33.1 Å². The zero-order valence-electron chi connectivity index (χ0n) is 24.3. The number of amides is 1. The Kier molecular flexibility index (Phi) is 7.68. The number of ether oxygens (including phenoxy) is 1. The van der Waals surface area contributed by atoms with E-state index in [-0.39, 0.29) is 23.4 Å². The van der Waals surface area contributed by atoms with Gasteiger partial charge in [0.2, 0.25) is 10.0 Å². The Bertz CT molecular complexity index is 1540. The average molecular weight is 595 g/mol. The summed E-state index contributed by atoms with van der Waals surface area (Å²) in [6.45, 7) is 8.90. The molecule has 5 heterocycles. The predicted molar refractivity (Wildman–Crippen MR) is 160 cm³/mol. The number of hydrogen-bond donors (Lipinski definition) is 3. The van der Waals surface area contributed by atoms with E-state index in [0.717, 1.165) is 50.4 Å². The topological polar surface area (TPSA) is 136 Å². The van der Waals surface area contributed by atoms with Gasteiger partial charge in [-0.2, -0.15) is 9.40 Å². The van der Waals surface area contributed by atoms with E-state index >= 15 is 0 Å². The number of carbonyl (C=O) groups is 1. The first-order chi connectivity index (χ1) is 20.1. The third-order valence-corrected chi connectivity index (χ3v) is 10.6. The highest BCUT2D eigenvalue weighted by Gasteiger charge is 2.48. The van der Waals surface area contributed by atoms with Gasteiger partial charge in [0.25, 0.3) is 5.91 Å². The van der Waals surface area contributed by atoms with Crippen molar-refractivity contribution in [3.63, 3.8) is 0 Å². The maximum atomic E-state index is 13.8. The lowest BCUT2D eigenvalue weighted by molar-refractivity contribution is 0.0904. The number of benzene rings is 1. The van der Waals surface area contributed by atoms with Crippen molar-refractivity contribution in [2.75, 3.05) is 62.0 Å². The van der Waals surface area contributed by atoms with Crippen LogP contribution in [0.1, 0.15) is 48.3 Å². The second kappa shape index (κ2) is 11.3. The fourth-order valence-corrected chi connectivity index (χ4v) is 7.64. The second-order valence-corrected chi connectivity index (χ2v) is 13.6. The number of aromatic nitrogens is 3. The van der Waals surface area contributed by atoms with Crippen LogP contribution >= 0.6 is 0 Å². The summed E-state index contributed by atoms with van der Waals surface area (Å²) in [6.07, 6.45) is 4.61. The third kappa shape index (κ3) is 5.37. The Morgan fingerprint density at radius 1 is 1.12 bits per heavy atom. The first kappa shape index (κ1) is 28.6. The summed E-state index contributed by atoms with van der Waals surface area (Å²) in [5.41, 5.74) is 2.75. The smallest absolute Gasteiger partial charge is 0.258 e. The summed E-state index contributed by atoms with van der Waals surface area (Å²) in [4.78, 5) is 22.5. The Morgan fingerprint density at radius 2 is 1.88 bits per heavy atom. The number of H-pyrrole nitrogens is 1. The van der Waals surface area contributed by atoms with E-state index in [1.54, 1.807) is 6.07 Å². The largest absolute Gasteiger partial charge is 0.381 e. The molecule has 3 aliphatic rings. The maximum absolute atomic E-state index is 13.8. The second-order valence-electron chi connectivity index (χ2n) is 11.7. The van der Waals surface area contributed by atoms with Crippen LogP contribution in [0.2, 0.25) is 0 Å². The minimum Gasteiger partial charge on any atom is -0.381 e. The molecule has 3 aliphatic heterocycles. The molecule has 0 saturated carbocycles. The van der Waals surface area contributed by atoms with Crippen molar-refractivity contribution in [3.05, 3.63) is 59.5 Å². The number of fused-ring (bicyclic) bond motifs is 1. The van der Waals surface area contributed by atoms with E-state index in [4.69, 9.17) is 4.74 Å². The molecule has 0 atom stereocenters. The molecule has 1 aromatic carbocycles. The van der Waals surface area contributed by atoms with Crippen molar-refractivity contribution in [1.82, 2.24) is 24.4 Å². The van der Waals surface area contributed by atoms with E-state index in [0.29, 0.717) is 35.9 Å². The van der Waals surface area contributed by atoms with Crippen molar-refractivity contribution in [3.8, 4) is 0 Å².